The fourth-order valence-corrected chi connectivity index (χ4v) is 2.17. The van der Waals surface area contributed by atoms with E-state index in [0.717, 1.165) is 18.6 Å². The van der Waals surface area contributed by atoms with E-state index >= 15 is 0 Å². The highest BCUT2D eigenvalue weighted by Gasteiger charge is 2.11. The standard InChI is InChI=1S/C10H16N2OS/c1-3-4-5-9(12-11)10-6-8(13-2)7-14-10/h3,6-7,9,12H,1,4-5,11H2,2H3. The van der Waals surface area contributed by atoms with E-state index in [0.29, 0.717) is 0 Å². The van der Waals surface area contributed by atoms with Crippen molar-refractivity contribution < 1.29 is 4.74 Å². The van der Waals surface area contributed by atoms with Crippen LogP contribution in [0.4, 0.5) is 0 Å². The van der Waals surface area contributed by atoms with Gasteiger partial charge in [-0.15, -0.1) is 17.9 Å². The van der Waals surface area contributed by atoms with Gasteiger partial charge in [0.25, 0.3) is 0 Å². The van der Waals surface area contributed by atoms with E-state index in [-0.39, 0.29) is 6.04 Å². The van der Waals surface area contributed by atoms with E-state index in [4.69, 9.17) is 10.6 Å². The third-order valence-electron chi connectivity index (χ3n) is 2.04. The summed E-state index contributed by atoms with van der Waals surface area (Å²) in [7, 11) is 1.67. The molecule has 0 saturated heterocycles. The van der Waals surface area contributed by atoms with Crippen molar-refractivity contribution in [3.8, 4) is 5.75 Å². The van der Waals surface area contributed by atoms with Crippen LogP contribution in [0.25, 0.3) is 0 Å². The maximum atomic E-state index is 5.48. The van der Waals surface area contributed by atoms with Gasteiger partial charge < -0.3 is 4.74 Å². The first-order valence-corrected chi connectivity index (χ1v) is 5.39. The Bertz CT molecular complexity index is 285. The van der Waals surface area contributed by atoms with Gasteiger partial charge in [0.1, 0.15) is 5.75 Å². The molecule has 0 bridgehead atoms. The van der Waals surface area contributed by atoms with Crippen LogP contribution in [0.15, 0.2) is 24.1 Å². The Labute approximate surface area is 88.5 Å². The first-order valence-electron chi connectivity index (χ1n) is 4.51. The van der Waals surface area contributed by atoms with Crippen molar-refractivity contribution in [1.29, 1.82) is 0 Å². The maximum Gasteiger partial charge on any atom is 0.129 e. The third-order valence-corrected chi connectivity index (χ3v) is 3.06. The fraction of sp³-hybridized carbons (Fsp3) is 0.400. The molecule has 0 fully saturated rings. The number of hydrazine groups is 1. The van der Waals surface area contributed by atoms with Crippen molar-refractivity contribution in [1.82, 2.24) is 5.43 Å². The highest BCUT2D eigenvalue weighted by Crippen LogP contribution is 2.28. The summed E-state index contributed by atoms with van der Waals surface area (Å²) < 4.78 is 5.12. The number of ether oxygens (including phenoxy) is 1. The molecule has 1 aromatic rings. The average Bonchev–Trinajstić information content (AvgIpc) is 2.68. The zero-order chi connectivity index (χ0) is 10.4. The first kappa shape index (κ1) is 11.2. The monoisotopic (exact) mass is 212 g/mol. The van der Waals surface area contributed by atoms with Crippen molar-refractivity contribution >= 4 is 11.3 Å². The highest BCUT2D eigenvalue weighted by atomic mass is 32.1. The van der Waals surface area contributed by atoms with Gasteiger partial charge in [0.05, 0.1) is 13.2 Å². The fourth-order valence-electron chi connectivity index (χ4n) is 1.22. The number of nitrogens with two attached hydrogens (primary N) is 1. The summed E-state index contributed by atoms with van der Waals surface area (Å²) in [6.45, 7) is 3.69. The van der Waals surface area contributed by atoms with Crippen LogP contribution < -0.4 is 16.0 Å². The van der Waals surface area contributed by atoms with Gasteiger partial charge in [0.2, 0.25) is 0 Å². The first-order chi connectivity index (χ1) is 6.81. The average molecular weight is 212 g/mol. The van der Waals surface area contributed by atoms with Crippen LogP contribution in [0.2, 0.25) is 0 Å². The van der Waals surface area contributed by atoms with E-state index in [2.05, 4.69) is 12.0 Å². The molecule has 3 N–H and O–H groups in total. The van der Waals surface area contributed by atoms with Gasteiger partial charge >= 0.3 is 0 Å². The van der Waals surface area contributed by atoms with E-state index in [1.807, 2.05) is 17.5 Å². The molecule has 0 aromatic carbocycles. The number of methoxy groups -OCH3 is 1. The highest BCUT2D eigenvalue weighted by molar-refractivity contribution is 7.10. The van der Waals surface area contributed by atoms with E-state index in [1.165, 1.54) is 4.88 Å². The number of rotatable bonds is 6. The second-order valence-electron chi connectivity index (χ2n) is 2.97. The van der Waals surface area contributed by atoms with E-state index in [9.17, 15) is 0 Å². The predicted molar refractivity (Wildman–Crippen MR) is 60.4 cm³/mol. The molecule has 1 atom stereocenters. The van der Waals surface area contributed by atoms with Gasteiger partial charge in [0.15, 0.2) is 0 Å². The second kappa shape index (κ2) is 5.80. The Kier molecular flexibility index (Phi) is 4.65. The number of thiophene rings is 1. The summed E-state index contributed by atoms with van der Waals surface area (Å²) >= 11 is 1.66. The Balaban J connectivity index is 2.63. The van der Waals surface area contributed by atoms with Gasteiger partial charge in [-0.2, -0.15) is 0 Å². The van der Waals surface area contributed by atoms with Gasteiger partial charge in [-0.25, -0.2) is 0 Å². The van der Waals surface area contributed by atoms with Crippen LogP contribution in [-0.4, -0.2) is 7.11 Å². The second-order valence-corrected chi connectivity index (χ2v) is 3.92. The molecule has 1 aromatic heterocycles. The molecule has 0 spiro atoms. The summed E-state index contributed by atoms with van der Waals surface area (Å²) in [6, 6.07) is 2.21. The zero-order valence-corrected chi connectivity index (χ0v) is 9.14. The number of nitrogens with one attached hydrogen (secondary N) is 1. The van der Waals surface area contributed by atoms with Crippen LogP contribution >= 0.6 is 11.3 Å². The Morgan fingerprint density at radius 2 is 2.57 bits per heavy atom. The number of hydrogen-bond donors (Lipinski definition) is 2. The lowest BCUT2D eigenvalue weighted by Gasteiger charge is -2.12. The molecule has 1 heterocycles. The largest absolute Gasteiger partial charge is 0.496 e. The summed E-state index contributed by atoms with van der Waals surface area (Å²) in [5, 5.41) is 1.98. The molecule has 0 saturated carbocycles. The molecule has 1 rings (SSSR count). The molecule has 1 unspecified atom stereocenters. The van der Waals surface area contributed by atoms with Gasteiger partial charge in [-0.3, -0.25) is 11.3 Å². The van der Waals surface area contributed by atoms with Crippen molar-refractivity contribution in [2.75, 3.05) is 7.11 Å². The molecule has 14 heavy (non-hydrogen) atoms. The van der Waals surface area contributed by atoms with Crippen molar-refractivity contribution in [3.05, 3.63) is 29.0 Å². The molecule has 0 radical (unpaired) electrons. The number of allylic oxidation sites excluding steroid dienone is 1. The topological polar surface area (TPSA) is 47.3 Å². The predicted octanol–water partition coefficient (Wildman–Crippen LogP) is 2.23. The Hall–Kier alpha value is -0.840. The Morgan fingerprint density at radius 1 is 1.79 bits per heavy atom. The summed E-state index contributed by atoms with van der Waals surface area (Å²) in [5.41, 5.74) is 2.80. The normalized spacial score (nSPS) is 12.4. The van der Waals surface area contributed by atoms with Crippen LogP contribution in [-0.2, 0) is 0 Å². The molecule has 3 nitrogen and oxygen atoms in total. The van der Waals surface area contributed by atoms with Gasteiger partial charge in [-0.05, 0) is 18.9 Å². The molecule has 0 aliphatic heterocycles. The van der Waals surface area contributed by atoms with Crippen molar-refractivity contribution in [2.24, 2.45) is 5.84 Å². The molecule has 0 aliphatic rings. The minimum absolute atomic E-state index is 0.196. The molecular weight excluding hydrogens is 196 g/mol. The van der Waals surface area contributed by atoms with Crippen LogP contribution in [0.1, 0.15) is 23.8 Å². The zero-order valence-electron chi connectivity index (χ0n) is 8.32. The SMILES string of the molecule is C=CCCC(NN)c1cc(OC)cs1. The lowest BCUT2D eigenvalue weighted by atomic mass is 10.1. The van der Waals surface area contributed by atoms with E-state index in [1.54, 1.807) is 18.4 Å². The van der Waals surface area contributed by atoms with Crippen molar-refractivity contribution in [2.45, 2.75) is 18.9 Å². The summed E-state index contributed by atoms with van der Waals surface area (Å²) in [4.78, 5) is 1.20. The smallest absolute Gasteiger partial charge is 0.129 e. The molecule has 0 amide bonds. The maximum absolute atomic E-state index is 5.48. The van der Waals surface area contributed by atoms with Crippen molar-refractivity contribution in [3.63, 3.8) is 0 Å². The summed E-state index contributed by atoms with van der Waals surface area (Å²) in [6.07, 6.45) is 3.81. The molecule has 78 valence electrons. The lowest BCUT2D eigenvalue weighted by Crippen LogP contribution is -2.27. The molecule has 0 aliphatic carbocycles. The molecular formula is C10H16N2OS. The quantitative estimate of drug-likeness (QED) is 0.432. The lowest BCUT2D eigenvalue weighted by molar-refractivity contribution is 0.415. The van der Waals surface area contributed by atoms with E-state index < -0.39 is 0 Å². The summed E-state index contributed by atoms with van der Waals surface area (Å²) in [5.74, 6) is 6.37. The van der Waals surface area contributed by atoms with Crippen LogP contribution in [0.5, 0.6) is 5.75 Å². The minimum Gasteiger partial charge on any atom is -0.496 e. The molecule has 4 heteroatoms. The van der Waals surface area contributed by atoms with Gasteiger partial charge in [-0.1, -0.05) is 6.08 Å². The van der Waals surface area contributed by atoms with Crippen LogP contribution in [0, 0.1) is 0 Å². The van der Waals surface area contributed by atoms with Crippen LogP contribution in [0.3, 0.4) is 0 Å². The number of hydrogen-bond acceptors (Lipinski definition) is 4. The Morgan fingerprint density at radius 3 is 3.07 bits per heavy atom. The van der Waals surface area contributed by atoms with Gasteiger partial charge in [0, 0.05) is 10.3 Å². The minimum atomic E-state index is 0.196. The third kappa shape index (κ3) is 2.83.